The predicted molar refractivity (Wildman–Crippen MR) is 69.4 cm³/mol. The van der Waals surface area contributed by atoms with Crippen LogP contribution in [0.4, 0.5) is 5.82 Å². The summed E-state index contributed by atoms with van der Waals surface area (Å²) >= 11 is 0. The van der Waals surface area contributed by atoms with Crippen molar-refractivity contribution in [2.24, 2.45) is 5.73 Å². The van der Waals surface area contributed by atoms with Crippen molar-refractivity contribution in [3.8, 4) is 0 Å². The number of aromatic nitrogens is 4. The Morgan fingerprint density at radius 1 is 1.39 bits per heavy atom. The van der Waals surface area contributed by atoms with Crippen LogP contribution in [0.3, 0.4) is 0 Å². The van der Waals surface area contributed by atoms with E-state index < -0.39 is 0 Å². The molecular weight excluding hydrogens is 230 g/mol. The molecule has 3 N–H and O–H groups in total. The highest BCUT2D eigenvalue weighted by atomic mass is 15.3. The summed E-state index contributed by atoms with van der Waals surface area (Å²) in [7, 11) is 2.12. The zero-order chi connectivity index (χ0) is 12.5. The Morgan fingerprint density at radius 2 is 2.28 bits per heavy atom. The number of piperazine rings is 1. The van der Waals surface area contributed by atoms with Gasteiger partial charge < -0.3 is 20.5 Å². The number of imidazole rings is 1. The molecule has 3 rings (SSSR count). The summed E-state index contributed by atoms with van der Waals surface area (Å²) in [5.41, 5.74) is 7.47. The van der Waals surface area contributed by atoms with Crippen molar-refractivity contribution in [1.29, 1.82) is 0 Å². The summed E-state index contributed by atoms with van der Waals surface area (Å²) in [4.78, 5) is 20.4. The van der Waals surface area contributed by atoms with Crippen LogP contribution in [0.1, 0.15) is 0 Å². The van der Waals surface area contributed by atoms with Crippen LogP contribution in [-0.2, 0) is 0 Å². The number of H-pyrrole nitrogens is 1. The summed E-state index contributed by atoms with van der Waals surface area (Å²) in [6.07, 6.45) is 3.21. The van der Waals surface area contributed by atoms with Gasteiger partial charge >= 0.3 is 0 Å². The highest BCUT2D eigenvalue weighted by Gasteiger charge is 2.26. The molecule has 0 saturated carbocycles. The first kappa shape index (κ1) is 11.4. The standard InChI is InChI=1S/C11H17N7/c1-17-2-3-18(8(4-12)5-17)11-9-10(14-6-13-9)15-7-16-11/h6-8H,2-5,12H2,1H3,(H,13,14,15,16). The lowest BCUT2D eigenvalue weighted by molar-refractivity contribution is 0.269. The minimum Gasteiger partial charge on any atom is -0.348 e. The van der Waals surface area contributed by atoms with Crippen molar-refractivity contribution in [2.75, 3.05) is 38.1 Å². The minimum atomic E-state index is 0.283. The van der Waals surface area contributed by atoms with Crippen molar-refractivity contribution in [1.82, 2.24) is 24.8 Å². The minimum absolute atomic E-state index is 0.283. The summed E-state index contributed by atoms with van der Waals surface area (Å²) in [6, 6.07) is 0.283. The van der Waals surface area contributed by atoms with Crippen molar-refractivity contribution in [3.63, 3.8) is 0 Å². The van der Waals surface area contributed by atoms with E-state index in [2.05, 4.69) is 36.8 Å². The lowest BCUT2D eigenvalue weighted by Crippen LogP contribution is -2.55. The molecule has 1 aliphatic rings. The second-order valence-corrected chi connectivity index (χ2v) is 4.64. The molecule has 0 amide bonds. The third kappa shape index (κ3) is 1.81. The maximum atomic E-state index is 5.88. The van der Waals surface area contributed by atoms with Gasteiger partial charge in [-0.15, -0.1) is 0 Å². The number of rotatable bonds is 2. The van der Waals surface area contributed by atoms with Crippen LogP contribution in [0, 0.1) is 0 Å². The second kappa shape index (κ2) is 4.51. The Morgan fingerprint density at radius 3 is 3.11 bits per heavy atom. The maximum absolute atomic E-state index is 5.88. The van der Waals surface area contributed by atoms with Crippen LogP contribution in [-0.4, -0.2) is 64.1 Å². The number of aromatic amines is 1. The Balaban J connectivity index is 2.00. The number of nitrogens with one attached hydrogen (secondary N) is 1. The number of nitrogens with zero attached hydrogens (tertiary/aromatic N) is 5. The van der Waals surface area contributed by atoms with Gasteiger partial charge in [0.25, 0.3) is 0 Å². The quantitative estimate of drug-likeness (QED) is 0.739. The van der Waals surface area contributed by atoms with E-state index in [0.29, 0.717) is 12.2 Å². The normalized spacial score (nSPS) is 21.7. The smallest absolute Gasteiger partial charge is 0.182 e. The SMILES string of the molecule is CN1CCN(c2ncnc3nc[nH]c23)C(CN)C1. The van der Waals surface area contributed by atoms with Crippen LogP contribution in [0.25, 0.3) is 11.2 Å². The molecule has 1 unspecified atom stereocenters. The zero-order valence-electron chi connectivity index (χ0n) is 10.4. The van der Waals surface area contributed by atoms with Crippen molar-refractivity contribution in [2.45, 2.75) is 6.04 Å². The van der Waals surface area contributed by atoms with Gasteiger partial charge in [-0.2, -0.15) is 0 Å². The summed E-state index contributed by atoms with van der Waals surface area (Å²) in [6.45, 7) is 3.50. The number of hydrogen-bond acceptors (Lipinski definition) is 6. The van der Waals surface area contributed by atoms with Crippen LogP contribution >= 0.6 is 0 Å². The molecule has 2 aromatic rings. The third-order valence-corrected chi connectivity index (χ3v) is 3.43. The second-order valence-electron chi connectivity index (χ2n) is 4.64. The number of hydrogen-bond donors (Lipinski definition) is 2. The molecule has 0 aromatic carbocycles. The fourth-order valence-corrected chi connectivity index (χ4v) is 2.46. The molecule has 7 heteroatoms. The molecule has 1 fully saturated rings. The summed E-state index contributed by atoms with van der Waals surface area (Å²) in [5.74, 6) is 0.904. The number of likely N-dealkylation sites (N-methyl/N-ethyl adjacent to an activating group) is 1. The summed E-state index contributed by atoms with van der Waals surface area (Å²) < 4.78 is 0. The fourth-order valence-electron chi connectivity index (χ4n) is 2.46. The molecule has 18 heavy (non-hydrogen) atoms. The van der Waals surface area contributed by atoms with Gasteiger partial charge in [0.15, 0.2) is 11.5 Å². The highest BCUT2D eigenvalue weighted by Crippen LogP contribution is 2.23. The first-order valence-electron chi connectivity index (χ1n) is 6.09. The van der Waals surface area contributed by atoms with Crippen LogP contribution in [0.2, 0.25) is 0 Å². The molecule has 0 radical (unpaired) electrons. The van der Waals surface area contributed by atoms with Crippen molar-refractivity contribution in [3.05, 3.63) is 12.7 Å². The summed E-state index contributed by atoms with van der Waals surface area (Å²) in [5, 5.41) is 0. The largest absolute Gasteiger partial charge is 0.348 e. The zero-order valence-corrected chi connectivity index (χ0v) is 10.4. The lowest BCUT2D eigenvalue weighted by Gasteiger charge is -2.40. The van der Waals surface area contributed by atoms with Gasteiger partial charge in [0.2, 0.25) is 0 Å². The first-order valence-corrected chi connectivity index (χ1v) is 6.09. The molecule has 1 aliphatic heterocycles. The molecule has 1 atom stereocenters. The molecule has 3 heterocycles. The van der Waals surface area contributed by atoms with E-state index in [9.17, 15) is 0 Å². The van der Waals surface area contributed by atoms with E-state index in [-0.39, 0.29) is 6.04 Å². The number of fused-ring (bicyclic) bond motifs is 1. The van der Waals surface area contributed by atoms with E-state index in [1.54, 1.807) is 12.7 Å². The third-order valence-electron chi connectivity index (χ3n) is 3.43. The average Bonchev–Trinajstić information content (AvgIpc) is 2.86. The fraction of sp³-hybridized carbons (Fsp3) is 0.545. The van der Waals surface area contributed by atoms with E-state index >= 15 is 0 Å². The molecule has 0 spiro atoms. The van der Waals surface area contributed by atoms with E-state index in [0.717, 1.165) is 31.0 Å². The maximum Gasteiger partial charge on any atom is 0.182 e. The Bertz CT molecular complexity index is 537. The van der Waals surface area contributed by atoms with Gasteiger partial charge in [0, 0.05) is 26.2 Å². The van der Waals surface area contributed by atoms with Crippen LogP contribution < -0.4 is 10.6 Å². The number of anilines is 1. The Labute approximate surface area is 105 Å². The highest BCUT2D eigenvalue weighted by molar-refractivity contribution is 5.82. The van der Waals surface area contributed by atoms with E-state index in [1.165, 1.54) is 0 Å². The molecule has 2 aromatic heterocycles. The topological polar surface area (TPSA) is 87.0 Å². The van der Waals surface area contributed by atoms with Gasteiger partial charge in [-0.05, 0) is 7.05 Å². The van der Waals surface area contributed by atoms with Gasteiger partial charge in [0.05, 0.1) is 12.4 Å². The Kier molecular flexibility index (Phi) is 2.85. The molecule has 0 bridgehead atoms. The van der Waals surface area contributed by atoms with Gasteiger partial charge in [0.1, 0.15) is 11.8 Å². The van der Waals surface area contributed by atoms with Gasteiger partial charge in [-0.3, -0.25) is 0 Å². The predicted octanol–water partition coefficient (Wildman–Crippen LogP) is -0.568. The molecule has 1 saturated heterocycles. The van der Waals surface area contributed by atoms with Gasteiger partial charge in [-0.25, -0.2) is 15.0 Å². The Hall–Kier alpha value is -1.73. The molecule has 7 nitrogen and oxygen atoms in total. The number of nitrogens with two attached hydrogens (primary N) is 1. The van der Waals surface area contributed by atoms with E-state index in [1.807, 2.05) is 0 Å². The molecule has 0 aliphatic carbocycles. The average molecular weight is 247 g/mol. The van der Waals surface area contributed by atoms with Crippen molar-refractivity contribution >= 4 is 17.0 Å². The molecule has 96 valence electrons. The van der Waals surface area contributed by atoms with Crippen LogP contribution in [0.15, 0.2) is 12.7 Å². The van der Waals surface area contributed by atoms with Gasteiger partial charge in [-0.1, -0.05) is 0 Å². The first-order chi connectivity index (χ1) is 8.79. The lowest BCUT2D eigenvalue weighted by atomic mass is 10.1. The van der Waals surface area contributed by atoms with E-state index in [4.69, 9.17) is 5.73 Å². The van der Waals surface area contributed by atoms with Crippen LogP contribution in [0.5, 0.6) is 0 Å². The monoisotopic (exact) mass is 247 g/mol. The molecular formula is C11H17N7. The van der Waals surface area contributed by atoms with Crippen molar-refractivity contribution < 1.29 is 0 Å².